The Labute approximate surface area is 100 Å². The number of allylic oxidation sites excluding steroid dienone is 1. The van der Waals surface area contributed by atoms with E-state index in [-0.39, 0.29) is 0 Å². The number of rotatable bonds is 3. The normalized spacial score (nSPS) is 11.1. The van der Waals surface area contributed by atoms with E-state index in [0.717, 1.165) is 24.0 Å². The summed E-state index contributed by atoms with van der Waals surface area (Å²) >= 11 is 0. The third kappa shape index (κ3) is 4.03. The van der Waals surface area contributed by atoms with Gasteiger partial charge >= 0.3 is 0 Å². The van der Waals surface area contributed by atoms with Crippen LogP contribution in [0.2, 0.25) is 0 Å². The molecule has 1 aromatic carbocycles. The van der Waals surface area contributed by atoms with Gasteiger partial charge in [-0.25, -0.2) is 0 Å². The van der Waals surface area contributed by atoms with E-state index in [4.69, 9.17) is 9.47 Å². The Morgan fingerprint density at radius 2 is 2.00 bits per heavy atom. The lowest BCUT2D eigenvalue weighted by atomic mass is 10.1. The number of carbonyl (C=O) groups excluding carboxylic acids is 1. The van der Waals surface area contributed by atoms with Crippen molar-refractivity contribution in [2.45, 2.75) is 6.42 Å². The third-order valence-corrected chi connectivity index (χ3v) is 2.02. The predicted octanol–water partition coefficient (Wildman–Crippen LogP) is 1.80. The topological polar surface area (TPSA) is 61.6 Å². The summed E-state index contributed by atoms with van der Waals surface area (Å²) in [5, 5.41) is 0. The highest BCUT2D eigenvalue weighted by atomic mass is 16.7. The molecule has 0 saturated carbocycles. The Balaban J connectivity index is 0.000000249. The molecule has 0 fully saturated rings. The molecule has 2 N–H and O–H groups in total. The van der Waals surface area contributed by atoms with Gasteiger partial charge in [-0.3, -0.25) is 4.79 Å². The quantitative estimate of drug-likeness (QED) is 0.639. The smallest absolute Gasteiger partial charge is 0.240 e. The van der Waals surface area contributed by atoms with Gasteiger partial charge in [-0.05, 0) is 30.2 Å². The maximum Gasteiger partial charge on any atom is 0.240 e. The van der Waals surface area contributed by atoms with Crippen molar-refractivity contribution in [3.05, 3.63) is 49.1 Å². The SMILES string of the molecule is C=CC(N)=O.C=CCc1ccc2c(c1)OCO2. The molecule has 4 heteroatoms. The van der Waals surface area contributed by atoms with E-state index in [9.17, 15) is 4.79 Å². The van der Waals surface area contributed by atoms with E-state index in [2.05, 4.69) is 18.9 Å². The van der Waals surface area contributed by atoms with Crippen molar-refractivity contribution >= 4 is 5.91 Å². The number of nitrogens with two attached hydrogens (primary N) is 1. The number of ether oxygens (including phenoxy) is 2. The Bertz CT molecular complexity index is 427. The van der Waals surface area contributed by atoms with Crippen molar-refractivity contribution < 1.29 is 14.3 Å². The fraction of sp³-hybridized carbons (Fsp3) is 0.154. The molecule has 1 amide bonds. The summed E-state index contributed by atoms with van der Waals surface area (Å²) in [6, 6.07) is 5.94. The summed E-state index contributed by atoms with van der Waals surface area (Å²) in [6.45, 7) is 7.10. The number of benzene rings is 1. The van der Waals surface area contributed by atoms with Crippen molar-refractivity contribution in [2.75, 3.05) is 6.79 Å². The first kappa shape index (κ1) is 12.8. The van der Waals surface area contributed by atoms with E-state index in [1.807, 2.05) is 24.3 Å². The molecule has 0 spiro atoms. The molecule has 0 radical (unpaired) electrons. The van der Waals surface area contributed by atoms with Crippen LogP contribution in [0.4, 0.5) is 0 Å². The molecule has 2 rings (SSSR count). The molecule has 4 nitrogen and oxygen atoms in total. The molecular weight excluding hydrogens is 218 g/mol. The maximum atomic E-state index is 9.47. The third-order valence-electron chi connectivity index (χ3n) is 2.02. The molecule has 0 bridgehead atoms. The number of hydrogen-bond donors (Lipinski definition) is 1. The van der Waals surface area contributed by atoms with Crippen LogP contribution in [-0.4, -0.2) is 12.7 Å². The van der Waals surface area contributed by atoms with Gasteiger partial charge in [-0.1, -0.05) is 18.7 Å². The lowest BCUT2D eigenvalue weighted by Gasteiger charge is -1.98. The molecule has 1 aliphatic rings. The first-order valence-corrected chi connectivity index (χ1v) is 5.08. The zero-order valence-electron chi connectivity index (χ0n) is 9.52. The van der Waals surface area contributed by atoms with Crippen molar-refractivity contribution in [1.82, 2.24) is 0 Å². The zero-order chi connectivity index (χ0) is 12.7. The predicted molar refractivity (Wildman–Crippen MR) is 65.9 cm³/mol. The Kier molecular flexibility index (Phi) is 4.81. The second-order valence-electron chi connectivity index (χ2n) is 3.29. The fourth-order valence-electron chi connectivity index (χ4n) is 1.23. The highest BCUT2D eigenvalue weighted by molar-refractivity contribution is 5.84. The fourth-order valence-corrected chi connectivity index (χ4v) is 1.23. The molecule has 1 heterocycles. The molecule has 0 aromatic heterocycles. The molecule has 17 heavy (non-hydrogen) atoms. The molecule has 1 aromatic rings. The van der Waals surface area contributed by atoms with Crippen LogP contribution in [0.3, 0.4) is 0 Å². The molecular formula is C13H15NO3. The van der Waals surface area contributed by atoms with E-state index in [1.165, 1.54) is 5.56 Å². The van der Waals surface area contributed by atoms with Crippen molar-refractivity contribution in [3.63, 3.8) is 0 Å². The van der Waals surface area contributed by atoms with E-state index in [1.54, 1.807) is 0 Å². The molecule has 0 aliphatic carbocycles. The van der Waals surface area contributed by atoms with Crippen molar-refractivity contribution in [2.24, 2.45) is 5.73 Å². The number of carbonyl (C=O) groups is 1. The largest absolute Gasteiger partial charge is 0.454 e. The molecule has 0 saturated heterocycles. The van der Waals surface area contributed by atoms with Gasteiger partial charge in [0.05, 0.1) is 0 Å². The van der Waals surface area contributed by atoms with Gasteiger partial charge in [-0.15, -0.1) is 6.58 Å². The molecule has 90 valence electrons. The Morgan fingerprint density at radius 3 is 2.59 bits per heavy atom. The van der Waals surface area contributed by atoms with Crippen LogP contribution in [0.15, 0.2) is 43.5 Å². The summed E-state index contributed by atoms with van der Waals surface area (Å²) in [6.07, 6.45) is 3.80. The minimum Gasteiger partial charge on any atom is -0.454 e. The highest BCUT2D eigenvalue weighted by Crippen LogP contribution is 2.32. The monoisotopic (exact) mass is 233 g/mol. The second kappa shape index (κ2) is 6.37. The summed E-state index contributed by atoms with van der Waals surface area (Å²) in [4.78, 5) is 9.47. The van der Waals surface area contributed by atoms with Gasteiger partial charge in [0, 0.05) is 0 Å². The summed E-state index contributed by atoms with van der Waals surface area (Å²) in [7, 11) is 0. The van der Waals surface area contributed by atoms with Crippen molar-refractivity contribution in [3.8, 4) is 11.5 Å². The minimum atomic E-state index is -0.481. The molecule has 0 atom stereocenters. The Morgan fingerprint density at radius 1 is 1.35 bits per heavy atom. The number of fused-ring (bicyclic) bond motifs is 1. The van der Waals surface area contributed by atoms with Gasteiger partial charge in [0.1, 0.15) is 0 Å². The van der Waals surface area contributed by atoms with Gasteiger partial charge in [0.25, 0.3) is 0 Å². The van der Waals surface area contributed by atoms with Crippen LogP contribution < -0.4 is 15.2 Å². The zero-order valence-corrected chi connectivity index (χ0v) is 9.52. The number of amides is 1. The average molecular weight is 233 g/mol. The van der Waals surface area contributed by atoms with Gasteiger partial charge in [0.15, 0.2) is 11.5 Å². The summed E-state index contributed by atoms with van der Waals surface area (Å²) < 4.78 is 10.4. The first-order valence-electron chi connectivity index (χ1n) is 5.08. The van der Waals surface area contributed by atoms with Crippen LogP contribution in [-0.2, 0) is 11.2 Å². The summed E-state index contributed by atoms with van der Waals surface area (Å²) in [5.41, 5.74) is 5.74. The highest BCUT2D eigenvalue weighted by Gasteiger charge is 2.12. The van der Waals surface area contributed by atoms with Gasteiger partial charge in [0.2, 0.25) is 12.7 Å². The number of primary amides is 1. The first-order chi connectivity index (χ1) is 8.17. The summed E-state index contributed by atoms with van der Waals surface area (Å²) in [5.74, 6) is 1.20. The van der Waals surface area contributed by atoms with Crippen LogP contribution in [0.1, 0.15) is 5.56 Å². The van der Waals surface area contributed by atoms with E-state index >= 15 is 0 Å². The van der Waals surface area contributed by atoms with E-state index in [0.29, 0.717) is 6.79 Å². The second-order valence-corrected chi connectivity index (χ2v) is 3.29. The van der Waals surface area contributed by atoms with Crippen LogP contribution in [0.25, 0.3) is 0 Å². The van der Waals surface area contributed by atoms with Crippen LogP contribution >= 0.6 is 0 Å². The number of hydrogen-bond acceptors (Lipinski definition) is 3. The standard InChI is InChI=1S/C10H10O2.C3H5NO/c1-2-3-8-4-5-9-10(6-8)12-7-11-9;1-2-3(4)5/h2,4-6H,1,3,7H2;2H,1H2,(H2,4,5). The van der Waals surface area contributed by atoms with Crippen LogP contribution in [0.5, 0.6) is 11.5 Å². The lowest BCUT2D eigenvalue weighted by Crippen LogP contribution is -2.04. The minimum absolute atomic E-state index is 0.340. The van der Waals surface area contributed by atoms with Gasteiger partial charge < -0.3 is 15.2 Å². The average Bonchev–Trinajstić information content (AvgIpc) is 2.77. The molecule has 0 unspecified atom stereocenters. The molecule has 1 aliphatic heterocycles. The van der Waals surface area contributed by atoms with E-state index < -0.39 is 5.91 Å². The van der Waals surface area contributed by atoms with Gasteiger partial charge in [-0.2, -0.15) is 0 Å². The maximum absolute atomic E-state index is 9.47. The lowest BCUT2D eigenvalue weighted by molar-refractivity contribution is -0.113. The Hall–Kier alpha value is -2.23. The van der Waals surface area contributed by atoms with Crippen molar-refractivity contribution in [1.29, 1.82) is 0 Å². The van der Waals surface area contributed by atoms with Crippen LogP contribution in [0, 0.1) is 0 Å².